The summed E-state index contributed by atoms with van der Waals surface area (Å²) in [4.78, 5) is 20.0. The second-order valence-electron chi connectivity index (χ2n) is 7.74. The highest BCUT2D eigenvalue weighted by Gasteiger charge is 2.61. The normalized spacial score (nSPS) is 33.8. The summed E-state index contributed by atoms with van der Waals surface area (Å²) in [5.41, 5.74) is -0.705. The Morgan fingerprint density at radius 3 is 2.58 bits per heavy atom. The zero-order valence-electron chi connectivity index (χ0n) is 15.2. The molecule has 136 valence electrons. The van der Waals surface area contributed by atoms with Crippen LogP contribution in [0.3, 0.4) is 0 Å². The number of amides is 1. The van der Waals surface area contributed by atoms with E-state index in [1.807, 2.05) is 11.8 Å². The Labute approximate surface area is 145 Å². The Morgan fingerprint density at radius 1 is 1.29 bits per heavy atom. The molecule has 0 aromatic carbocycles. The summed E-state index contributed by atoms with van der Waals surface area (Å²) in [6.07, 6.45) is 2.40. The quantitative estimate of drug-likeness (QED) is 0.754. The molecule has 0 radical (unpaired) electrons. The van der Waals surface area contributed by atoms with E-state index in [1.54, 1.807) is 11.2 Å². The molecule has 0 bridgehead atoms. The maximum atomic E-state index is 13.2. The predicted octanol–water partition coefficient (Wildman–Crippen LogP) is 1.72. The van der Waals surface area contributed by atoms with Crippen molar-refractivity contribution in [3.63, 3.8) is 0 Å². The Hall–Kier alpha value is -0.950. The summed E-state index contributed by atoms with van der Waals surface area (Å²) in [5.74, 6) is 1.79. The highest BCUT2D eigenvalue weighted by molar-refractivity contribution is 7.89. The van der Waals surface area contributed by atoms with Crippen LogP contribution >= 0.6 is 0 Å². The molecule has 24 heavy (non-hydrogen) atoms. The molecule has 1 spiro atoms. The molecule has 1 aliphatic carbocycles. The fourth-order valence-corrected chi connectivity index (χ4v) is 5.75. The summed E-state index contributed by atoms with van der Waals surface area (Å²) in [6.45, 7) is 9.62. The van der Waals surface area contributed by atoms with E-state index >= 15 is 0 Å². The third-order valence-corrected chi connectivity index (χ3v) is 7.61. The van der Waals surface area contributed by atoms with Gasteiger partial charge >= 0.3 is 0 Å². The number of aliphatic imine (C=N–C) groups is 1. The first-order chi connectivity index (χ1) is 11.2. The number of amidine groups is 1. The SMILES string of the molecule is CCC1=N[C@@]2(CC[C@@H]3CN(S(=O)(=O)CC)C[C@@H]32)C(=O)N1CC(C)C. The van der Waals surface area contributed by atoms with E-state index in [0.29, 0.717) is 25.6 Å². The maximum Gasteiger partial charge on any atom is 0.256 e. The lowest BCUT2D eigenvalue weighted by atomic mass is 9.85. The Morgan fingerprint density at radius 2 is 2.00 bits per heavy atom. The van der Waals surface area contributed by atoms with Gasteiger partial charge in [0.05, 0.1) is 5.75 Å². The van der Waals surface area contributed by atoms with Crippen molar-refractivity contribution in [2.45, 2.75) is 52.5 Å². The lowest BCUT2D eigenvalue weighted by molar-refractivity contribution is -0.132. The van der Waals surface area contributed by atoms with Crippen LogP contribution in [0.4, 0.5) is 0 Å². The van der Waals surface area contributed by atoms with Gasteiger partial charge in [0, 0.05) is 32.0 Å². The van der Waals surface area contributed by atoms with Gasteiger partial charge in [0.2, 0.25) is 10.0 Å². The number of sulfonamides is 1. The van der Waals surface area contributed by atoms with Crippen LogP contribution in [0.5, 0.6) is 0 Å². The molecule has 3 rings (SSSR count). The van der Waals surface area contributed by atoms with Gasteiger partial charge in [-0.2, -0.15) is 0 Å². The smallest absolute Gasteiger partial charge is 0.256 e. The molecule has 0 N–H and O–H groups in total. The second-order valence-corrected chi connectivity index (χ2v) is 10.00. The van der Waals surface area contributed by atoms with Crippen molar-refractivity contribution in [3.05, 3.63) is 0 Å². The molecular weight excluding hydrogens is 326 g/mol. The van der Waals surface area contributed by atoms with Crippen LogP contribution in [0.2, 0.25) is 0 Å². The molecule has 6 nitrogen and oxygen atoms in total. The summed E-state index contributed by atoms with van der Waals surface area (Å²) in [6, 6.07) is 0. The van der Waals surface area contributed by atoms with Crippen molar-refractivity contribution in [3.8, 4) is 0 Å². The van der Waals surface area contributed by atoms with E-state index in [1.165, 1.54) is 0 Å². The lowest BCUT2D eigenvalue weighted by Crippen LogP contribution is -2.47. The zero-order chi connectivity index (χ0) is 17.7. The molecule has 0 aromatic rings. The second kappa shape index (κ2) is 6.09. The van der Waals surface area contributed by atoms with Gasteiger partial charge in [-0.15, -0.1) is 0 Å². The van der Waals surface area contributed by atoms with Crippen LogP contribution in [-0.2, 0) is 14.8 Å². The number of hydrogen-bond donors (Lipinski definition) is 0. The first kappa shape index (κ1) is 17.9. The van der Waals surface area contributed by atoms with Crippen molar-refractivity contribution in [1.29, 1.82) is 0 Å². The van der Waals surface area contributed by atoms with E-state index in [2.05, 4.69) is 13.8 Å². The summed E-state index contributed by atoms with van der Waals surface area (Å²) < 4.78 is 26.1. The number of hydrogen-bond acceptors (Lipinski definition) is 4. The first-order valence-electron chi connectivity index (χ1n) is 9.13. The zero-order valence-corrected chi connectivity index (χ0v) is 16.0. The number of rotatable bonds is 5. The van der Waals surface area contributed by atoms with Crippen molar-refractivity contribution >= 4 is 21.8 Å². The minimum atomic E-state index is -3.20. The van der Waals surface area contributed by atoms with Crippen molar-refractivity contribution in [1.82, 2.24) is 9.21 Å². The maximum absolute atomic E-state index is 13.2. The molecule has 2 heterocycles. The van der Waals surface area contributed by atoms with Crippen molar-refractivity contribution in [2.24, 2.45) is 22.7 Å². The van der Waals surface area contributed by atoms with Crippen LogP contribution < -0.4 is 0 Å². The standard InChI is InChI=1S/C17H29N3O3S/c1-5-15-18-17(16(21)20(15)9-12(3)4)8-7-13-10-19(11-14(13)17)24(22,23)6-2/h12-14H,5-11H2,1-4H3/t13-,14+,17-/m1/s1. The monoisotopic (exact) mass is 355 g/mol. The number of nitrogens with zero attached hydrogens (tertiary/aromatic N) is 3. The molecule has 1 saturated heterocycles. The van der Waals surface area contributed by atoms with Gasteiger partial charge in [0.1, 0.15) is 11.4 Å². The molecule has 7 heteroatoms. The molecule has 0 unspecified atom stereocenters. The topological polar surface area (TPSA) is 70.0 Å². The fourth-order valence-electron chi connectivity index (χ4n) is 4.58. The number of carbonyl (C=O) groups excluding carboxylic acids is 1. The van der Waals surface area contributed by atoms with Gasteiger partial charge in [-0.3, -0.25) is 14.7 Å². The van der Waals surface area contributed by atoms with Crippen molar-refractivity contribution in [2.75, 3.05) is 25.4 Å². The van der Waals surface area contributed by atoms with Crippen LogP contribution in [0.25, 0.3) is 0 Å². The molecule has 3 aliphatic rings. The highest BCUT2D eigenvalue weighted by atomic mass is 32.2. The van der Waals surface area contributed by atoms with Crippen LogP contribution in [0.15, 0.2) is 4.99 Å². The Balaban J connectivity index is 1.89. The average molecular weight is 356 g/mol. The number of fused-ring (bicyclic) bond motifs is 2. The molecular formula is C17H29N3O3S. The van der Waals surface area contributed by atoms with Gasteiger partial charge in [-0.05, 0) is 31.6 Å². The van der Waals surface area contributed by atoms with E-state index in [9.17, 15) is 13.2 Å². The Kier molecular flexibility index (Phi) is 4.53. The fraction of sp³-hybridized carbons (Fsp3) is 0.882. The van der Waals surface area contributed by atoms with E-state index in [-0.39, 0.29) is 23.5 Å². The van der Waals surface area contributed by atoms with E-state index in [0.717, 1.165) is 25.1 Å². The molecule has 0 aromatic heterocycles. The van der Waals surface area contributed by atoms with E-state index in [4.69, 9.17) is 4.99 Å². The molecule has 2 aliphatic heterocycles. The first-order valence-corrected chi connectivity index (χ1v) is 10.7. The van der Waals surface area contributed by atoms with E-state index < -0.39 is 15.6 Å². The van der Waals surface area contributed by atoms with Crippen LogP contribution in [0, 0.1) is 17.8 Å². The van der Waals surface area contributed by atoms with Gasteiger partial charge in [0.15, 0.2) is 0 Å². The third kappa shape index (κ3) is 2.60. The van der Waals surface area contributed by atoms with Crippen LogP contribution in [0.1, 0.15) is 47.0 Å². The van der Waals surface area contributed by atoms with Crippen molar-refractivity contribution < 1.29 is 13.2 Å². The van der Waals surface area contributed by atoms with Gasteiger partial charge in [0.25, 0.3) is 5.91 Å². The third-order valence-electron chi connectivity index (χ3n) is 5.79. The number of carbonyl (C=O) groups is 1. The van der Waals surface area contributed by atoms with Gasteiger partial charge in [-0.25, -0.2) is 12.7 Å². The molecule has 2 fully saturated rings. The largest absolute Gasteiger partial charge is 0.298 e. The minimum absolute atomic E-state index is 0.0324. The summed E-state index contributed by atoms with van der Waals surface area (Å²) in [7, 11) is -3.20. The molecule has 1 saturated carbocycles. The molecule has 1 amide bonds. The van der Waals surface area contributed by atoms with Crippen LogP contribution in [-0.4, -0.2) is 60.3 Å². The average Bonchev–Trinajstić information content (AvgIpc) is 3.17. The Bertz CT molecular complexity index is 658. The molecule has 3 atom stereocenters. The lowest BCUT2D eigenvalue weighted by Gasteiger charge is -2.28. The van der Waals surface area contributed by atoms with Gasteiger partial charge in [-0.1, -0.05) is 20.8 Å². The summed E-state index contributed by atoms with van der Waals surface area (Å²) >= 11 is 0. The van der Waals surface area contributed by atoms with Gasteiger partial charge < -0.3 is 0 Å². The predicted molar refractivity (Wildman–Crippen MR) is 94.3 cm³/mol. The highest BCUT2D eigenvalue weighted by Crippen LogP contribution is 2.51. The summed E-state index contributed by atoms with van der Waals surface area (Å²) in [5, 5.41) is 0. The minimum Gasteiger partial charge on any atom is -0.298 e.